The first-order chi connectivity index (χ1) is 59.2. The molecule has 35 nitrogen and oxygen atoms in total. The summed E-state index contributed by atoms with van der Waals surface area (Å²) < 4.78 is 71.6. The summed E-state index contributed by atoms with van der Waals surface area (Å²) >= 11 is 18.3. The Morgan fingerprint density at radius 1 is 0.468 bits per heavy atom. The predicted octanol–water partition coefficient (Wildman–Crippen LogP) is 6.22. The average molecular weight is 1770 g/mol. The summed E-state index contributed by atoms with van der Waals surface area (Å²) in [6, 6.07) is 32.1. The lowest BCUT2D eigenvalue weighted by Crippen LogP contribution is -2.40. The molecule has 40 heteroatoms. The molecule has 9 N–H and O–H groups in total. The molecular formula is C84H85Cl3FN21O14S. The van der Waals surface area contributed by atoms with Crippen LogP contribution in [0.25, 0.3) is 88.6 Å². The van der Waals surface area contributed by atoms with Crippen molar-refractivity contribution in [3.63, 3.8) is 0 Å². The van der Waals surface area contributed by atoms with Gasteiger partial charge in [0, 0.05) is 184 Å². The molecule has 2 saturated heterocycles. The number of fused-ring (bicyclic) bond motifs is 4. The maximum absolute atomic E-state index is 14.3. The normalized spacial score (nSPS) is 12.6. The van der Waals surface area contributed by atoms with Crippen molar-refractivity contribution in [3.05, 3.63) is 246 Å². The predicted molar refractivity (Wildman–Crippen MR) is 474 cm³/mol. The number of ether oxygens (including phenoxy) is 4. The Kier molecular flexibility index (Phi) is 27.0. The number of hydrogen-bond donors (Lipinski definition) is 5. The fraction of sp³-hybridized carbons (Fsp3) is 0.286. The number of nitriles is 2. The average Bonchev–Trinajstić information content (AvgIpc) is 0.926. The Balaban J connectivity index is 0.000000151. The van der Waals surface area contributed by atoms with Gasteiger partial charge in [-0.25, -0.2) is 46.9 Å². The third-order valence-electron chi connectivity index (χ3n) is 21.4. The van der Waals surface area contributed by atoms with Crippen molar-refractivity contribution in [2.75, 3.05) is 81.5 Å². The fourth-order valence-electron chi connectivity index (χ4n) is 15.3. The third-order valence-corrected chi connectivity index (χ3v) is 22.6. The smallest absolute Gasteiger partial charge is 0.332 e. The molecule has 0 saturated carbocycles. The fourth-order valence-corrected chi connectivity index (χ4v) is 16.3. The van der Waals surface area contributed by atoms with Gasteiger partial charge in [-0.3, -0.25) is 60.4 Å². The van der Waals surface area contributed by atoms with Crippen LogP contribution >= 0.6 is 34.8 Å². The first-order valence-corrected chi connectivity index (χ1v) is 41.3. The first kappa shape index (κ1) is 90.0. The molecule has 0 radical (unpaired) electrons. The second-order valence-electron chi connectivity index (χ2n) is 28.8. The Bertz CT molecular complexity index is 7250. The molecule has 8 aromatic heterocycles. The highest BCUT2D eigenvalue weighted by molar-refractivity contribution is 7.92. The van der Waals surface area contributed by atoms with Crippen molar-refractivity contribution >= 4 is 106 Å². The Hall–Kier alpha value is -13.2. The van der Waals surface area contributed by atoms with Crippen molar-refractivity contribution in [2.45, 2.75) is 45.6 Å². The number of sulfonamides is 1. The van der Waals surface area contributed by atoms with Crippen LogP contribution in [0.5, 0.6) is 17.4 Å². The van der Waals surface area contributed by atoms with E-state index in [0.29, 0.717) is 131 Å². The highest BCUT2D eigenvalue weighted by atomic mass is 35.5. The summed E-state index contributed by atoms with van der Waals surface area (Å²) in [6.45, 7) is 3.91. The van der Waals surface area contributed by atoms with Crippen LogP contribution in [0.3, 0.4) is 0 Å². The summed E-state index contributed by atoms with van der Waals surface area (Å²) in [5.74, 6) is 1.52. The van der Waals surface area contributed by atoms with Crippen molar-refractivity contribution in [3.8, 4) is 74.0 Å². The van der Waals surface area contributed by atoms with Gasteiger partial charge in [0.15, 0.2) is 22.6 Å². The van der Waals surface area contributed by atoms with E-state index in [0.717, 1.165) is 60.6 Å². The van der Waals surface area contributed by atoms with E-state index < -0.39 is 60.8 Å². The monoisotopic (exact) mass is 1770 g/mol. The summed E-state index contributed by atoms with van der Waals surface area (Å²) in [7, 11) is 10.9. The lowest BCUT2D eigenvalue weighted by molar-refractivity contribution is 0.122. The molecule has 2 aliphatic heterocycles. The van der Waals surface area contributed by atoms with E-state index in [4.69, 9.17) is 86.7 Å². The molecule has 2 fully saturated rings. The van der Waals surface area contributed by atoms with Gasteiger partial charge in [0.1, 0.15) is 34.8 Å². The molecule has 0 aliphatic carbocycles. The second kappa shape index (κ2) is 37.2. The lowest BCUT2D eigenvalue weighted by Gasteiger charge is -2.31. The van der Waals surface area contributed by atoms with Crippen LogP contribution in [0.15, 0.2) is 141 Å². The minimum atomic E-state index is -3.73. The Morgan fingerprint density at radius 3 is 1.33 bits per heavy atom. The minimum Gasteiger partial charge on any atom is -0.496 e. The molecule has 15 rings (SSSR count). The van der Waals surface area contributed by atoms with E-state index in [1.807, 2.05) is 35.2 Å². The second-order valence-corrected chi connectivity index (χ2v) is 31.8. The summed E-state index contributed by atoms with van der Waals surface area (Å²) in [4.78, 5) is 126. The lowest BCUT2D eigenvalue weighted by atomic mass is 9.93. The number of anilines is 3. The van der Waals surface area contributed by atoms with E-state index in [1.54, 1.807) is 62.6 Å². The minimum absolute atomic E-state index is 0.00143. The maximum atomic E-state index is 14.3. The van der Waals surface area contributed by atoms with Gasteiger partial charge in [-0.2, -0.15) is 15.5 Å². The highest BCUT2D eigenvalue weighted by Crippen LogP contribution is 2.44. The molecule has 10 heterocycles. The highest BCUT2D eigenvalue weighted by Gasteiger charge is 2.32. The van der Waals surface area contributed by atoms with Crippen molar-refractivity contribution in [1.82, 2.24) is 56.5 Å². The van der Waals surface area contributed by atoms with E-state index >= 15 is 0 Å². The van der Waals surface area contributed by atoms with E-state index in [-0.39, 0.29) is 99.7 Å². The van der Waals surface area contributed by atoms with Gasteiger partial charge >= 0.3 is 22.8 Å². The molecule has 0 amide bonds. The Labute approximate surface area is 720 Å². The quantitative estimate of drug-likeness (QED) is 0.0675. The van der Waals surface area contributed by atoms with Crippen LogP contribution in [-0.4, -0.2) is 132 Å². The number of halogens is 4. The van der Waals surface area contributed by atoms with Crippen LogP contribution in [-0.2, 0) is 96.8 Å². The number of nitrogens with one attached hydrogen (secondary N) is 1. The van der Waals surface area contributed by atoms with Crippen LogP contribution in [0, 0.1) is 28.5 Å². The van der Waals surface area contributed by atoms with Crippen LogP contribution in [0.1, 0.15) is 51.8 Å². The van der Waals surface area contributed by atoms with Gasteiger partial charge < -0.3 is 51.7 Å². The Morgan fingerprint density at radius 2 is 0.879 bits per heavy atom. The number of morpholine rings is 1. The molecular weight excluding hydrogens is 1680 g/mol. The van der Waals surface area contributed by atoms with Crippen molar-refractivity contribution < 1.29 is 31.8 Å². The summed E-state index contributed by atoms with van der Waals surface area (Å²) in [6.07, 6.45) is 3.02. The van der Waals surface area contributed by atoms with E-state index in [2.05, 4.69) is 31.7 Å². The number of rotatable bonds is 17. The molecule has 5 aromatic carbocycles. The van der Waals surface area contributed by atoms with E-state index in [1.165, 1.54) is 94.5 Å². The third kappa shape index (κ3) is 17.0. The molecule has 0 spiro atoms. The van der Waals surface area contributed by atoms with Gasteiger partial charge in [0.2, 0.25) is 15.9 Å². The SMILES string of the molecule is COc1cc(Cl)ccc1-c1c(CN)c(NS(C)(=O)=O)nc2c1c(=O)n(C)c(=O)n2C.COc1ccc(F)cc1-c1c(CN)c(N2CCOCC2)nc2c1c(=O)n(C)c(=O)n2C.COc1nc2c(c(-c3ccc(Cl)cc3C#N)c1CN)c(=O)n(Cc1ccccc1)c(=O)n2C.Cn1c(=O)c2c(-c3ccc(Cl)cc3C#N)c(CN)c(N3CCCC3)nc2n(C)c1=O. The van der Waals surface area contributed by atoms with Gasteiger partial charge in [-0.1, -0.05) is 77.3 Å². The zero-order chi connectivity index (χ0) is 89.9. The number of aromatic nitrogens is 12. The molecule has 0 bridgehead atoms. The molecule has 124 heavy (non-hydrogen) atoms. The zero-order valence-electron chi connectivity index (χ0n) is 69.1. The van der Waals surface area contributed by atoms with Gasteiger partial charge in [0.05, 0.1) is 92.2 Å². The molecule has 0 atom stereocenters. The summed E-state index contributed by atoms with van der Waals surface area (Å²) in [5, 5.41) is 21.4. The number of aryl methyl sites for hydroxylation is 4. The first-order valence-electron chi connectivity index (χ1n) is 38.2. The topological polar surface area (TPSA) is 469 Å². The van der Waals surface area contributed by atoms with Gasteiger partial charge in [-0.05, 0) is 79.1 Å². The molecule has 13 aromatic rings. The molecule has 644 valence electrons. The van der Waals surface area contributed by atoms with Crippen LogP contribution in [0.4, 0.5) is 21.8 Å². The number of nitrogens with two attached hydrogens (primary N) is 4. The van der Waals surface area contributed by atoms with Crippen LogP contribution in [0.2, 0.25) is 15.1 Å². The standard InChI is InChI=1S/C24H20ClN5O3.C21H21ClN6O2.C21H24FN5O4.C18H20ClN5O5S/c1-29-21-20(23(31)30(24(29)32)13-14-6-4-3-5-7-14)19(18(12-27)22(28-21)33-2)17-9-8-16(25)10-15(17)11-26;1-26-19-17(20(29)27(2)21(26)30)16(14-6-5-13(22)9-12(14)10-23)15(11-24)18(25-19)28-7-3-4-8-28;1-25-19-17(20(28)26(2)21(25)29)16(13-10-12(22)4-5-15(13)30-3)14(11-23)18(24-19)27-6-8-31-9-7-27;1-23-16-14(17(25)24(2)18(23)26)13(10-6-5-9(19)7-12(10)29-3)11(8-20)15(21-16)22-30(4,27)28/h3-10H,12-13,27H2,1-2H3;5-6,9H,3-4,7-8,11,24H2,1-2H3;4-5,10H,6-9,11,23H2,1-3H3;5-7H,8,20H2,1-4H3,(H,21,22). The van der Waals surface area contributed by atoms with Gasteiger partial charge in [0.25, 0.3) is 22.2 Å². The number of nitrogens with zero attached hydrogens (tertiary/aromatic N) is 16. The molecule has 2 aliphatic rings. The number of methoxy groups -OCH3 is 3. The van der Waals surface area contributed by atoms with Crippen molar-refractivity contribution in [1.29, 1.82) is 10.5 Å². The number of pyridine rings is 4. The van der Waals surface area contributed by atoms with Crippen LogP contribution < -0.4 is 96.7 Å². The summed E-state index contributed by atoms with van der Waals surface area (Å²) in [5.41, 5.74) is 27.5. The number of benzene rings is 5. The zero-order valence-corrected chi connectivity index (χ0v) is 72.2. The van der Waals surface area contributed by atoms with Gasteiger partial charge in [-0.15, -0.1) is 0 Å². The van der Waals surface area contributed by atoms with Crippen molar-refractivity contribution in [2.24, 2.45) is 72.3 Å². The molecule has 0 unspecified atom stereocenters. The largest absolute Gasteiger partial charge is 0.496 e. The maximum Gasteiger partial charge on any atom is 0.332 e. The van der Waals surface area contributed by atoms with E-state index in [9.17, 15) is 61.7 Å². The number of hydrogen-bond acceptors (Lipinski definition) is 26.